The number of hydrogen-bond donors (Lipinski definition) is 3. The van der Waals surface area contributed by atoms with E-state index >= 15 is 0 Å². The number of carbonyl (C=O) groups excluding carboxylic acids is 2. The van der Waals surface area contributed by atoms with E-state index in [1.54, 1.807) is 42.5 Å². The van der Waals surface area contributed by atoms with Crippen molar-refractivity contribution in [1.29, 1.82) is 0 Å². The van der Waals surface area contributed by atoms with Gasteiger partial charge < -0.3 is 21.1 Å². The van der Waals surface area contributed by atoms with Crippen LogP contribution in [-0.4, -0.2) is 31.5 Å². The highest BCUT2D eigenvalue weighted by molar-refractivity contribution is 5.99. The van der Waals surface area contributed by atoms with Gasteiger partial charge in [-0.2, -0.15) is 0 Å². The largest absolute Gasteiger partial charge is 0.489 e. The molecule has 0 aliphatic carbocycles. The number of hydrogen-bond acceptors (Lipinski definition) is 4. The number of anilines is 1. The van der Waals surface area contributed by atoms with E-state index in [4.69, 9.17) is 10.5 Å². The number of ether oxygens (including phenoxy) is 1. The van der Waals surface area contributed by atoms with Crippen LogP contribution in [0.1, 0.15) is 16.8 Å². The summed E-state index contributed by atoms with van der Waals surface area (Å²) in [6.45, 7) is 0.803. The maximum Gasteiger partial charge on any atom is 0.253 e. The summed E-state index contributed by atoms with van der Waals surface area (Å²) >= 11 is 0. The van der Waals surface area contributed by atoms with E-state index in [-0.39, 0.29) is 31.2 Å². The Hall–Kier alpha value is -3.09. The highest BCUT2D eigenvalue weighted by Crippen LogP contribution is 2.16. The molecule has 0 aromatic heterocycles. The van der Waals surface area contributed by atoms with Gasteiger partial charge in [0.1, 0.15) is 6.61 Å². The Morgan fingerprint density at radius 2 is 1.76 bits per heavy atom. The van der Waals surface area contributed by atoms with Crippen molar-refractivity contribution in [3.05, 3.63) is 59.9 Å². The summed E-state index contributed by atoms with van der Waals surface area (Å²) in [7, 11) is 0. The summed E-state index contributed by atoms with van der Waals surface area (Å²) in [5.41, 5.74) is 6.11. The molecule has 0 unspecified atom stereocenters. The molecule has 0 heterocycles. The summed E-state index contributed by atoms with van der Waals surface area (Å²) in [5, 5.41) is 5.72. The lowest BCUT2D eigenvalue weighted by Crippen LogP contribution is -2.28. The molecule has 0 saturated heterocycles. The standard InChI is InChI=1S/C18H20FN3O3/c19-14-6-2-4-8-16(14)25-12-11-21-15-7-3-1-5-13(15)18(24)22-10-9-17(20)23/h1-8,21H,9-12H2,(H2,20,23)(H,22,24). The van der Waals surface area contributed by atoms with Crippen molar-refractivity contribution in [3.8, 4) is 5.75 Å². The van der Waals surface area contributed by atoms with Crippen LogP contribution < -0.4 is 21.1 Å². The lowest BCUT2D eigenvalue weighted by Gasteiger charge is -2.13. The number of rotatable bonds is 9. The fourth-order valence-corrected chi connectivity index (χ4v) is 2.14. The van der Waals surface area contributed by atoms with Gasteiger partial charge in [-0.15, -0.1) is 0 Å². The van der Waals surface area contributed by atoms with Gasteiger partial charge in [-0.3, -0.25) is 9.59 Å². The van der Waals surface area contributed by atoms with Crippen molar-refractivity contribution in [2.75, 3.05) is 25.0 Å². The minimum absolute atomic E-state index is 0.0812. The summed E-state index contributed by atoms with van der Waals surface area (Å²) in [5.74, 6) is -1.02. The van der Waals surface area contributed by atoms with Crippen LogP contribution in [0.25, 0.3) is 0 Å². The van der Waals surface area contributed by atoms with Crippen molar-refractivity contribution in [2.24, 2.45) is 5.73 Å². The second-order valence-electron chi connectivity index (χ2n) is 5.22. The van der Waals surface area contributed by atoms with Gasteiger partial charge in [-0.1, -0.05) is 24.3 Å². The van der Waals surface area contributed by atoms with Crippen LogP contribution in [0, 0.1) is 5.82 Å². The van der Waals surface area contributed by atoms with Crippen LogP contribution in [0.2, 0.25) is 0 Å². The Bertz CT molecular complexity index is 737. The lowest BCUT2D eigenvalue weighted by atomic mass is 10.1. The Balaban J connectivity index is 1.86. The Morgan fingerprint density at radius 3 is 2.52 bits per heavy atom. The first-order valence-electron chi connectivity index (χ1n) is 7.84. The zero-order chi connectivity index (χ0) is 18.1. The molecule has 0 fully saturated rings. The van der Waals surface area contributed by atoms with Crippen molar-refractivity contribution in [1.82, 2.24) is 5.32 Å². The number of amides is 2. The molecule has 2 amide bonds. The molecule has 2 aromatic carbocycles. The van der Waals surface area contributed by atoms with Crippen molar-refractivity contribution in [2.45, 2.75) is 6.42 Å². The van der Waals surface area contributed by atoms with Crippen LogP contribution in [0.3, 0.4) is 0 Å². The fraction of sp³-hybridized carbons (Fsp3) is 0.222. The molecule has 0 atom stereocenters. The van der Waals surface area contributed by atoms with Gasteiger partial charge in [0.05, 0.1) is 5.56 Å². The second kappa shape index (κ2) is 9.27. The number of benzene rings is 2. The average molecular weight is 345 g/mol. The summed E-state index contributed by atoms with van der Waals surface area (Å²) < 4.78 is 18.8. The van der Waals surface area contributed by atoms with E-state index in [0.717, 1.165) is 0 Å². The predicted molar refractivity (Wildman–Crippen MR) is 93.0 cm³/mol. The lowest BCUT2D eigenvalue weighted by molar-refractivity contribution is -0.117. The van der Waals surface area contributed by atoms with E-state index in [1.807, 2.05) is 0 Å². The van der Waals surface area contributed by atoms with Crippen molar-refractivity contribution in [3.63, 3.8) is 0 Å². The zero-order valence-electron chi connectivity index (χ0n) is 13.6. The molecule has 0 radical (unpaired) electrons. The van der Waals surface area contributed by atoms with E-state index in [2.05, 4.69) is 10.6 Å². The molecule has 7 heteroatoms. The third-order valence-corrected chi connectivity index (χ3v) is 3.34. The first kappa shape index (κ1) is 18.3. The van der Waals surface area contributed by atoms with E-state index in [9.17, 15) is 14.0 Å². The Kier molecular flexibility index (Phi) is 6.76. The van der Waals surface area contributed by atoms with E-state index in [1.165, 1.54) is 6.07 Å². The first-order chi connectivity index (χ1) is 12.1. The molecule has 0 bridgehead atoms. The number of nitrogens with two attached hydrogens (primary N) is 1. The average Bonchev–Trinajstić information content (AvgIpc) is 2.60. The van der Waals surface area contributed by atoms with Crippen molar-refractivity contribution < 1.29 is 18.7 Å². The number of halogens is 1. The summed E-state index contributed by atoms with van der Waals surface area (Å²) in [4.78, 5) is 22.9. The van der Waals surface area contributed by atoms with Gasteiger partial charge in [-0.25, -0.2) is 4.39 Å². The number of primary amides is 1. The monoisotopic (exact) mass is 345 g/mol. The smallest absolute Gasteiger partial charge is 0.253 e. The molecule has 2 rings (SSSR count). The van der Waals surface area contributed by atoms with Crippen LogP contribution in [0.5, 0.6) is 5.75 Å². The van der Waals surface area contributed by atoms with Crippen LogP contribution in [0.15, 0.2) is 48.5 Å². The molecule has 4 N–H and O–H groups in total. The van der Waals surface area contributed by atoms with Gasteiger partial charge in [0.2, 0.25) is 5.91 Å². The van der Waals surface area contributed by atoms with Crippen LogP contribution >= 0.6 is 0 Å². The third-order valence-electron chi connectivity index (χ3n) is 3.34. The number of para-hydroxylation sites is 2. The van der Waals surface area contributed by atoms with Gasteiger partial charge >= 0.3 is 0 Å². The topological polar surface area (TPSA) is 93.5 Å². The molecule has 25 heavy (non-hydrogen) atoms. The summed E-state index contributed by atoms with van der Waals surface area (Å²) in [6, 6.07) is 13.1. The highest BCUT2D eigenvalue weighted by Gasteiger charge is 2.10. The molecule has 6 nitrogen and oxygen atoms in total. The van der Waals surface area contributed by atoms with Gasteiger partial charge in [0, 0.05) is 25.2 Å². The molecule has 0 spiro atoms. The number of nitrogens with one attached hydrogen (secondary N) is 2. The predicted octanol–water partition coefficient (Wildman–Crippen LogP) is 1.92. The maximum atomic E-state index is 13.5. The van der Waals surface area contributed by atoms with Gasteiger partial charge in [0.25, 0.3) is 5.91 Å². The summed E-state index contributed by atoms with van der Waals surface area (Å²) in [6.07, 6.45) is 0.0812. The molecular weight excluding hydrogens is 325 g/mol. The second-order valence-corrected chi connectivity index (χ2v) is 5.22. The normalized spacial score (nSPS) is 10.1. The Labute approximate surface area is 145 Å². The van der Waals surface area contributed by atoms with Gasteiger partial charge in [-0.05, 0) is 24.3 Å². The fourth-order valence-electron chi connectivity index (χ4n) is 2.14. The van der Waals surface area contributed by atoms with E-state index < -0.39 is 11.7 Å². The third kappa shape index (κ3) is 5.80. The first-order valence-corrected chi connectivity index (χ1v) is 7.84. The minimum Gasteiger partial charge on any atom is -0.489 e. The molecule has 0 aliphatic rings. The molecule has 0 aliphatic heterocycles. The maximum absolute atomic E-state index is 13.5. The van der Waals surface area contributed by atoms with Crippen LogP contribution in [0.4, 0.5) is 10.1 Å². The quantitative estimate of drug-likeness (QED) is 0.605. The molecular formula is C18H20FN3O3. The minimum atomic E-state index is -0.475. The number of carbonyl (C=O) groups is 2. The van der Waals surface area contributed by atoms with Crippen LogP contribution in [-0.2, 0) is 4.79 Å². The SMILES string of the molecule is NC(=O)CCNC(=O)c1ccccc1NCCOc1ccccc1F. The van der Waals surface area contributed by atoms with E-state index in [0.29, 0.717) is 17.8 Å². The highest BCUT2D eigenvalue weighted by atomic mass is 19.1. The van der Waals surface area contributed by atoms with Gasteiger partial charge in [0.15, 0.2) is 11.6 Å². The zero-order valence-corrected chi connectivity index (χ0v) is 13.6. The molecule has 0 saturated carbocycles. The Morgan fingerprint density at radius 1 is 1.04 bits per heavy atom. The molecule has 2 aromatic rings. The van der Waals surface area contributed by atoms with Crippen molar-refractivity contribution >= 4 is 17.5 Å². The molecule has 132 valence electrons.